The van der Waals surface area contributed by atoms with Gasteiger partial charge in [0, 0.05) is 55.0 Å². The molecular formula is C22H25BrClN3O2S2. The number of rotatable bonds is 3. The van der Waals surface area contributed by atoms with E-state index >= 15 is 0 Å². The van der Waals surface area contributed by atoms with E-state index in [1.54, 1.807) is 4.31 Å². The average molecular weight is 543 g/mol. The molecule has 31 heavy (non-hydrogen) atoms. The number of likely N-dealkylation sites (N-methyl/N-ethyl adjacent to an activating group) is 1. The van der Waals surface area contributed by atoms with Gasteiger partial charge >= 0.3 is 0 Å². The predicted octanol–water partition coefficient (Wildman–Crippen LogP) is 4.58. The SMILES string of the molecule is CN1CCN(c2cccc3sc(Br)c(S(=O)(=O)N4CCc5ccccc5C4)c23)CC1.Cl. The minimum Gasteiger partial charge on any atom is -0.368 e. The average Bonchev–Trinajstić information content (AvgIpc) is 3.10. The lowest BCUT2D eigenvalue weighted by atomic mass is 10.0. The number of thiophene rings is 1. The molecule has 2 aliphatic rings. The number of piperazine rings is 1. The lowest BCUT2D eigenvalue weighted by Gasteiger charge is -2.35. The van der Waals surface area contributed by atoms with Gasteiger partial charge in [-0.3, -0.25) is 0 Å². The van der Waals surface area contributed by atoms with E-state index in [-0.39, 0.29) is 12.4 Å². The van der Waals surface area contributed by atoms with Gasteiger partial charge in [0.2, 0.25) is 10.0 Å². The second-order valence-corrected chi connectivity index (χ2v) is 12.2. The van der Waals surface area contributed by atoms with E-state index in [1.807, 2.05) is 30.3 Å². The topological polar surface area (TPSA) is 43.9 Å². The van der Waals surface area contributed by atoms with E-state index in [9.17, 15) is 8.42 Å². The quantitative estimate of drug-likeness (QED) is 0.486. The third kappa shape index (κ3) is 4.14. The Balaban J connectivity index is 0.00000231. The van der Waals surface area contributed by atoms with Gasteiger partial charge in [-0.15, -0.1) is 23.7 Å². The summed E-state index contributed by atoms with van der Waals surface area (Å²) in [6, 6.07) is 14.3. The first-order valence-corrected chi connectivity index (χ1v) is 13.2. The van der Waals surface area contributed by atoms with Crippen LogP contribution in [0.2, 0.25) is 0 Å². The Bertz CT molecular complexity index is 1210. The molecular weight excluding hydrogens is 518 g/mol. The van der Waals surface area contributed by atoms with Gasteiger partial charge in [-0.2, -0.15) is 4.31 Å². The van der Waals surface area contributed by atoms with Crippen molar-refractivity contribution < 1.29 is 8.42 Å². The Hall–Kier alpha value is -1.16. The summed E-state index contributed by atoms with van der Waals surface area (Å²) in [7, 11) is -1.50. The highest BCUT2D eigenvalue weighted by Gasteiger charge is 2.34. The summed E-state index contributed by atoms with van der Waals surface area (Å²) in [5.41, 5.74) is 3.37. The van der Waals surface area contributed by atoms with Crippen molar-refractivity contribution in [2.75, 3.05) is 44.7 Å². The highest BCUT2D eigenvalue weighted by molar-refractivity contribution is 9.11. The zero-order valence-electron chi connectivity index (χ0n) is 17.3. The zero-order chi connectivity index (χ0) is 20.9. The lowest BCUT2D eigenvalue weighted by Crippen LogP contribution is -2.44. The zero-order valence-corrected chi connectivity index (χ0v) is 21.3. The number of hydrogen-bond donors (Lipinski definition) is 0. The maximum atomic E-state index is 13.9. The van der Waals surface area contributed by atoms with Crippen molar-refractivity contribution in [2.24, 2.45) is 0 Å². The van der Waals surface area contributed by atoms with Gasteiger partial charge in [0.15, 0.2) is 0 Å². The van der Waals surface area contributed by atoms with Crippen LogP contribution < -0.4 is 4.90 Å². The first kappa shape index (κ1) is 23.0. The van der Waals surface area contributed by atoms with Crippen molar-refractivity contribution in [2.45, 2.75) is 17.9 Å². The van der Waals surface area contributed by atoms with Crippen LogP contribution in [-0.4, -0.2) is 57.4 Å². The van der Waals surface area contributed by atoms with Crippen molar-refractivity contribution in [3.05, 3.63) is 57.4 Å². The molecule has 0 aliphatic carbocycles. The van der Waals surface area contributed by atoms with Gasteiger partial charge in [-0.1, -0.05) is 30.3 Å². The fourth-order valence-electron chi connectivity index (χ4n) is 4.42. The van der Waals surface area contributed by atoms with Gasteiger partial charge in [0.05, 0.1) is 3.79 Å². The molecule has 3 aromatic rings. The summed E-state index contributed by atoms with van der Waals surface area (Å²) >= 11 is 5.11. The number of benzene rings is 2. The molecule has 0 atom stereocenters. The van der Waals surface area contributed by atoms with E-state index in [0.29, 0.717) is 21.8 Å². The van der Waals surface area contributed by atoms with Crippen LogP contribution in [0.25, 0.3) is 10.1 Å². The van der Waals surface area contributed by atoms with Crippen LogP contribution in [0.1, 0.15) is 11.1 Å². The molecule has 2 aromatic carbocycles. The number of fused-ring (bicyclic) bond motifs is 2. The molecule has 0 saturated carbocycles. The van der Waals surface area contributed by atoms with E-state index in [4.69, 9.17) is 0 Å². The third-order valence-electron chi connectivity index (χ3n) is 6.15. The predicted molar refractivity (Wildman–Crippen MR) is 134 cm³/mol. The number of halogens is 2. The largest absolute Gasteiger partial charge is 0.368 e. The third-order valence-corrected chi connectivity index (χ3v) is 10.3. The van der Waals surface area contributed by atoms with Crippen LogP contribution >= 0.6 is 39.7 Å². The van der Waals surface area contributed by atoms with E-state index < -0.39 is 10.0 Å². The van der Waals surface area contributed by atoms with Crippen LogP contribution in [0, 0.1) is 0 Å². The Morgan fingerprint density at radius 1 is 0.935 bits per heavy atom. The van der Waals surface area contributed by atoms with E-state index in [0.717, 1.165) is 53.9 Å². The molecule has 0 bridgehead atoms. The number of nitrogens with zero attached hydrogens (tertiary/aromatic N) is 3. The number of anilines is 1. The van der Waals surface area contributed by atoms with Crippen LogP contribution in [0.15, 0.2) is 51.1 Å². The van der Waals surface area contributed by atoms with Crippen LogP contribution in [0.3, 0.4) is 0 Å². The minimum atomic E-state index is -3.63. The van der Waals surface area contributed by atoms with E-state index in [1.165, 1.54) is 16.9 Å². The second kappa shape index (κ2) is 9.00. The normalized spacial score (nSPS) is 18.1. The fraction of sp³-hybridized carbons (Fsp3) is 0.364. The molecule has 0 unspecified atom stereocenters. The maximum absolute atomic E-state index is 13.9. The van der Waals surface area contributed by atoms with Crippen molar-refractivity contribution in [3.8, 4) is 0 Å². The summed E-state index contributed by atoms with van der Waals surface area (Å²) in [5, 5.41) is 0.859. The molecule has 1 saturated heterocycles. The fourth-order valence-corrected chi connectivity index (χ4v) is 8.68. The summed E-state index contributed by atoms with van der Waals surface area (Å²) in [6.07, 6.45) is 0.750. The summed E-state index contributed by atoms with van der Waals surface area (Å²) < 4.78 is 31.1. The highest BCUT2D eigenvalue weighted by atomic mass is 79.9. The van der Waals surface area contributed by atoms with Gasteiger partial charge in [0.25, 0.3) is 0 Å². The first-order valence-electron chi connectivity index (χ1n) is 10.2. The van der Waals surface area contributed by atoms with Crippen molar-refractivity contribution in [1.29, 1.82) is 0 Å². The Labute approximate surface area is 202 Å². The molecule has 1 fully saturated rings. The van der Waals surface area contributed by atoms with Gasteiger partial charge in [-0.25, -0.2) is 8.42 Å². The molecule has 5 nitrogen and oxygen atoms in total. The van der Waals surface area contributed by atoms with Crippen LogP contribution in [0.5, 0.6) is 0 Å². The molecule has 5 rings (SSSR count). The standard InChI is InChI=1S/C22H24BrN3O2S2.ClH/c1-24-11-13-25(14-12-24)18-7-4-8-19-20(18)21(22(23)29-19)30(27,28)26-10-9-16-5-2-3-6-17(16)15-26;/h2-8H,9-15H2,1H3;1H. The lowest BCUT2D eigenvalue weighted by molar-refractivity contribution is 0.313. The Morgan fingerprint density at radius 3 is 2.39 bits per heavy atom. The van der Waals surface area contributed by atoms with Crippen molar-refractivity contribution in [3.63, 3.8) is 0 Å². The molecule has 166 valence electrons. The monoisotopic (exact) mass is 541 g/mol. The Kier molecular flexibility index (Phi) is 6.68. The number of sulfonamides is 1. The van der Waals surface area contributed by atoms with Gasteiger partial charge in [-0.05, 0) is 52.7 Å². The summed E-state index contributed by atoms with van der Waals surface area (Å²) in [4.78, 5) is 5.06. The highest BCUT2D eigenvalue weighted by Crippen LogP contribution is 2.45. The molecule has 0 spiro atoms. The van der Waals surface area contributed by atoms with Crippen LogP contribution in [0.4, 0.5) is 5.69 Å². The summed E-state index contributed by atoms with van der Waals surface area (Å²) in [6.45, 7) is 4.71. The van der Waals surface area contributed by atoms with E-state index in [2.05, 4.69) is 44.9 Å². The smallest absolute Gasteiger partial charge is 0.246 e. The summed E-state index contributed by atoms with van der Waals surface area (Å²) in [5.74, 6) is 0. The molecule has 2 aliphatic heterocycles. The van der Waals surface area contributed by atoms with Crippen LogP contribution in [-0.2, 0) is 23.0 Å². The molecule has 1 aromatic heterocycles. The maximum Gasteiger partial charge on any atom is 0.246 e. The van der Waals surface area contributed by atoms with Gasteiger partial charge < -0.3 is 9.80 Å². The molecule has 9 heteroatoms. The molecule has 0 amide bonds. The molecule has 0 radical (unpaired) electrons. The number of hydrogen-bond acceptors (Lipinski definition) is 5. The van der Waals surface area contributed by atoms with Gasteiger partial charge in [0.1, 0.15) is 4.90 Å². The molecule has 0 N–H and O–H groups in total. The minimum absolute atomic E-state index is 0. The van der Waals surface area contributed by atoms with Crippen molar-refractivity contribution >= 4 is 65.5 Å². The molecule has 3 heterocycles. The Morgan fingerprint density at radius 2 is 1.65 bits per heavy atom. The van der Waals surface area contributed by atoms with Crippen molar-refractivity contribution in [1.82, 2.24) is 9.21 Å². The second-order valence-electron chi connectivity index (χ2n) is 8.00. The first-order chi connectivity index (χ1) is 14.4.